The number of thiophene rings is 1. The molecule has 35 heavy (non-hydrogen) atoms. The minimum absolute atomic E-state index is 0.0380. The number of hydrogen-bond acceptors (Lipinski definition) is 7. The number of benzene rings is 2. The van der Waals surface area contributed by atoms with E-state index in [2.05, 4.69) is 0 Å². The highest BCUT2D eigenvalue weighted by atomic mass is 32.1. The van der Waals surface area contributed by atoms with Gasteiger partial charge in [0.05, 0.1) is 37.5 Å². The molecule has 4 rings (SSSR count). The van der Waals surface area contributed by atoms with Gasteiger partial charge in [0.2, 0.25) is 0 Å². The Morgan fingerprint density at radius 1 is 1.00 bits per heavy atom. The SMILES string of the molecule is CCOc1ccc(/C(O)=C2/C(=O)C(=O)N(Cc3ccc(OC)cc3)C2c2cccs2)c(OCC)c1. The number of amides is 1. The van der Waals surface area contributed by atoms with E-state index < -0.39 is 17.7 Å². The first-order valence-electron chi connectivity index (χ1n) is 11.3. The number of carbonyl (C=O) groups excluding carboxylic acids is 2. The molecule has 0 radical (unpaired) electrons. The lowest BCUT2D eigenvalue weighted by atomic mass is 9.99. The van der Waals surface area contributed by atoms with Crippen molar-refractivity contribution >= 4 is 28.8 Å². The van der Waals surface area contributed by atoms with Gasteiger partial charge in [-0.2, -0.15) is 0 Å². The van der Waals surface area contributed by atoms with Crippen LogP contribution in [-0.2, 0) is 16.1 Å². The quantitative estimate of drug-likeness (QED) is 0.251. The van der Waals surface area contributed by atoms with Crippen LogP contribution in [-0.4, -0.2) is 42.0 Å². The van der Waals surface area contributed by atoms with E-state index in [1.807, 2.05) is 43.5 Å². The maximum absolute atomic E-state index is 13.3. The molecule has 0 bridgehead atoms. The molecule has 2 heterocycles. The smallest absolute Gasteiger partial charge is 0.295 e. The summed E-state index contributed by atoms with van der Waals surface area (Å²) in [5, 5.41) is 13.3. The van der Waals surface area contributed by atoms with E-state index in [0.29, 0.717) is 36.0 Å². The highest BCUT2D eigenvalue weighted by Gasteiger charge is 2.46. The Bertz CT molecular complexity index is 1230. The van der Waals surface area contributed by atoms with Gasteiger partial charge in [-0.15, -0.1) is 11.3 Å². The maximum Gasteiger partial charge on any atom is 0.295 e. The third-order valence-corrected chi connectivity index (χ3v) is 6.61. The molecule has 0 spiro atoms. The summed E-state index contributed by atoms with van der Waals surface area (Å²) in [6.45, 7) is 4.74. The zero-order valence-electron chi connectivity index (χ0n) is 19.8. The van der Waals surface area contributed by atoms with Crippen LogP contribution in [0.3, 0.4) is 0 Å². The van der Waals surface area contributed by atoms with Crippen molar-refractivity contribution < 1.29 is 28.9 Å². The van der Waals surface area contributed by atoms with Crippen molar-refractivity contribution in [2.45, 2.75) is 26.4 Å². The summed E-state index contributed by atoms with van der Waals surface area (Å²) in [5.74, 6) is -0.00468. The van der Waals surface area contributed by atoms with Gasteiger partial charge in [-0.1, -0.05) is 18.2 Å². The molecule has 7 nitrogen and oxygen atoms in total. The van der Waals surface area contributed by atoms with Crippen molar-refractivity contribution in [2.75, 3.05) is 20.3 Å². The number of hydrogen-bond donors (Lipinski definition) is 1. The van der Waals surface area contributed by atoms with Gasteiger partial charge in [-0.05, 0) is 55.1 Å². The highest BCUT2D eigenvalue weighted by Crippen LogP contribution is 2.43. The number of nitrogens with zero attached hydrogens (tertiary/aromatic N) is 1. The molecule has 8 heteroatoms. The molecule has 3 aromatic rings. The molecule has 0 saturated carbocycles. The zero-order valence-corrected chi connectivity index (χ0v) is 20.6. The van der Waals surface area contributed by atoms with E-state index in [4.69, 9.17) is 14.2 Å². The van der Waals surface area contributed by atoms with Crippen LogP contribution in [0.5, 0.6) is 17.2 Å². The Hall–Kier alpha value is -3.78. The summed E-state index contributed by atoms with van der Waals surface area (Å²) in [6, 6.07) is 15.3. The molecule has 1 unspecified atom stereocenters. The molecular weight excluding hydrogens is 466 g/mol. The van der Waals surface area contributed by atoms with Crippen molar-refractivity contribution in [1.29, 1.82) is 0 Å². The number of ether oxygens (including phenoxy) is 3. The van der Waals surface area contributed by atoms with Gasteiger partial charge < -0.3 is 24.2 Å². The number of likely N-dealkylation sites (tertiary alicyclic amines) is 1. The normalized spacial score (nSPS) is 17.0. The fourth-order valence-electron chi connectivity index (χ4n) is 4.09. The number of aliphatic hydroxyl groups excluding tert-OH is 1. The molecule has 1 N–H and O–H groups in total. The number of rotatable bonds is 9. The number of Topliss-reactive ketones (excluding diaryl/α,β-unsaturated/α-hetero) is 1. The van der Waals surface area contributed by atoms with Crippen LogP contribution in [0.1, 0.15) is 35.9 Å². The molecule has 1 saturated heterocycles. The molecule has 1 atom stereocenters. The summed E-state index contributed by atoms with van der Waals surface area (Å²) in [7, 11) is 1.59. The minimum Gasteiger partial charge on any atom is -0.507 e. The topological polar surface area (TPSA) is 85.3 Å². The predicted octanol–water partition coefficient (Wildman–Crippen LogP) is 5.18. The van der Waals surface area contributed by atoms with Crippen molar-refractivity contribution in [1.82, 2.24) is 4.90 Å². The zero-order chi connectivity index (χ0) is 24.9. The van der Waals surface area contributed by atoms with Crippen LogP contribution < -0.4 is 14.2 Å². The standard InChI is InChI=1S/C27H27NO6S/c1-4-33-19-12-13-20(21(15-19)34-5-2)25(29)23-24(22-7-6-14-35-22)28(27(31)26(23)30)16-17-8-10-18(32-3)11-9-17/h6-15,24,29H,4-5,16H2,1-3H3/b25-23-. The van der Waals surface area contributed by atoms with E-state index in [9.17, 15) is 14.7 Å². The first-order valence-corrected chi connectivity index (χ1v) is 12.2. The molecule has 1 aromatic heterocycles. The van der Waals surface area contributed by atoms with Gasteiger partial charge in [0.15, 0.2) is 0 Å². The maximum atomic E-state index is 13.3. The van der Waals surface area contributed by atoms with Crippen molar-refractivity contribution in [3.05, 3.63) is 81.6 Å². The summed E-state index contributed by atoms with van der Waals surface area (Å²) < 4.78 is 16.5. The summed E-state index contributed by atoms with van der Waals surface area (Å²) in [6.07, 6.45) is 0. The Morgan fingerprint density at radius 3 is 2.34 bits per heavy atom. The molecule has 182 valence electrons. The fraction of sp³-hybridized carbons (Fsp3) is 0.259. The molecule has 1 fully saturated rings. The first kappa shape index (κ1) is 24.3. The van der Waals surface area contributed by atoms with Crippen molar-refractivity contribution in [2.24, 2.45) is 0 Å². The van der Waals surface area contributed by atoms with Gasteiger partial charge in [-0.3, -0.25) is 9.59 Å². The summed E-state index contributed by atoms with van der Waals surface area (Å²) in [5.41, 5.74) is 1.21. The summed E-state index contributed by atoms with van der Waals surface area (Å²) >= 11 is 1.42. The van der Waals surface area contributed by atoms with Gasteiger partial charge in [0.25, 0.3) is 11.7 Å². The van der Waals surface area contributed by atoms with Crippen LogP contribution in [0.2, 0.25) is 0 Å². The van der Waals surface area contributed by atoms with E-state index in [0.717, 1.165) is 10.4 Å². The second kappa shape index (κ2) is 10.7. The molecule has 1 aliphatic rings. The van der Waals surface area contributed by atoms with E-state index in [1.165, 1.54) is 16.2 Å². The fourth-order valence-corrected chi connectivity index (χ4v) is 4.93. The van der Waals surface area contributed by atoms with Crippen LogP contribution >= 0.6 is 11.3 Å². The minimum atomic E-state index is -0.731. The lowest BCUT2D eigenvalue weighted by Crippen LogP contribution is -2.28. The van der Waals surface area contributed by atoms with Crippen LogP contribution in [0, 0.1) is 0 Å². The van der Waals surface area contributed by atoms with E-state index in [1.54, 1.807) is 37.4 Å². The number of ketones is 1. The van der Waals surface area contributed by atoms with Crippen molar-refractivity contribution in [3.63, 3.8) is 0 Å². The third-order valence-electron chi connectivity index (χ3n) is 5.68. The number of carbonyl (C=O) groups is 2. The second-order valence-corrected chi connectivity index (χ2v) is 8.79. The Balaban J connectivity index is 1.81. The molecular formula is C27H27NO6S. The Kier molecular flexibility index (Phi) is 7.41. The van der Waals surface area contributed by atoms with Gasteiger partial charge in [0.1, 0.15) is 23.0 Å². The average Bonchev–Trinajstić information content (AvgIpc) is 3.48. The van der Waals surface area contributed by atoms with Crippen LogP contribution in [0.25, 0.3) is 5.76 Å². The monoisotopic (exact) mass is 493 g/mol. The largest absolute Gasteiger partial charge is 0.507 e. The lowest BCUT2D eigenvalue weighted by Gasteiger charge is -2.24. The Labute approximate surface area is 208 Å². The predicted molar refractivity (Wildman–Crippen MR) is 134 cm³/mol. The number of aliphatic hydroxyl groups is 1. The Morgan fingerprint density at radius 2 is 1.71 bits per heavy atom. The highest BCUT2D eigenvalue weighted by molar-refractivity contribution is 7.10. The second-order valence-electron chi connectivity index (χ2n) is 7.81. The van der Waals surface area contributed by atoms with E-state index >= 15 is 0 Å². The van der Waals surface area contributed by atoms with Crippen LogP contribution in [0.4, 0.5) is 0 Å². The van der Waals surface area contributed by atoms with E-state index in [-0.39, 0.29) is 17.9 Å². The van der Waals surface area contributed by atoms with Crippen molar-refractivity contribution in [3.8, 4) is 17.2 Å². The molecule has 0 aliphatic carbocycles. The number of methoxy groups -OCH3 is 1. The third kappa shape index (κ3) is 4.88. The molecule has 1 aliphatic heterocycles. The van der Waals surface area contributed by atoms with Gasteiger partial charge in [0, 0.05) is 17.5 Å². The molecule has 1 amide bonds. The first-order chi connectivity index (χ1) is 17.0. The average molecular weight is 494 g/mol. The summed E-state index contributed by atoms with van der Waals surface area (Å²) in [4.78, 5) is 28.7. The molecule has 2 aromatic carbocycles. The van der Waals surface area contributed by atoms with Gasteiger partial charge >= 0.3 is 0 Å². The lowest BCUT2D eigenvalue weighted by molar-refractivity contribution is -0.140. The van der Waals surface area contributed by atoms with Crippen LogP contribution in [0.15, 0.2) is 65.6 Å². The van der Waals surface area contributed by atoms with Gasteiger partial charge in [-0.25, -0.2) is 0 Å².